The summed E-state index contributed by atoms with van der Waals surface area (Å²) in [6, 6.07) is 98.8. The maximum absolute atomic E-state index is 6.15. The zero-order chi connectivity index (χ0) is 58.7. The minimum Gasteiger partial charge on any atom is -0.277 e. The third kappa shape index (κ3) is 8.20. The molecule has 0 unspecified atom stereocenters. The van der Waals surface area contributed by atoms with Gasteiger partial charge in [-0.25, -0.2) is 19.9 Å². The van der Waals surface area contributed by atoms with Crippen molar-refractivity contribution in [1.82, 2.24) is 24.5 Å². The number of thiophene rings is 2. The highest BCUT2D eigenvalue weighted by Crippen LogP contribution is 2.52. The van der Waals surface area contributed by atoms with Crippen LogP contribution in [0.3, 0.4) is 0 Å². The van der Waals surface area contributed by atoms with Gasteiger partial charge in [-0.15, -0.1) is 22.7 Å². The van der Waals surface area contributed by atoms with Crippen LogP contribution in [0.2, 0.25) is 5.28 Å². The standard InChI is InChI=1S/C40H23N3S.C23H14S.C18H11ClN2/c1-2-13-25(14-3-1)36-31-23-22-24-12-4-5-15-26(24)37(31)42-40(41-36)43-32-20-10-8-18-29(32)34-35-30-19-9-11-21-33(30)44-39(35)28-17-7-6-16-27(28)38(34)43;1-2-8-15-14(7-1)13-19-16-9-3-4-10-17(16)23-22(21(15)19)18-11-5-6-12-20(18)24-23;19-18-20-16(13-7-2-1-3-8-13)15-11-10-12-6-4-5-9-14(12)17(15)21-18/h1-23H;1-12H,13H2;1-11H. The van der Waals surface area contributed by atoms with E-state index in [0.717, 1.165) is 77.9 Å². The molecule has 0 saturated heterocycles. The van der Waals surface area contributed by atoms with Crippen LogP contribution in [0, 0.1) is 0 Å². The van der Waals surface area contributed by atoms with Gasteiger partial charge in [-0.1, -0.05) is 249 Å². The lowest BCUT2D eigenvalue weighted by molar-refractivity contribution is 1.02. The molecular formula is C81H48ClN5S2. The van der Waals surface area contributed by atoms with Crippen LogP contribution in [0.5, 0.6) is 0 Å². The van der Waals surface area contributed by atoms with Gasteiger partial charge in [0.25, 0.3) is 0 Å². The van der Waals surface area contributed by atoms with Gasteiger partial charge in [0, 0.05) is 94.6 Å². The van der Waals surface area contributed by atoms with E-state index in [1.165, 1.54) is 100 Å². The van der Waals surface area contributed by atoms with Crippen LogP contribution < -0.4 is 0 Å². The molecule has 0 fully saturated rings. The molecule has 0 radical (unpaired) electrons. The molecule has 19 aromatic rings. The van der Waals surface area contributed by atoms with E-state index >= 15 is 0 Å². The summed E-state index contributed by atoms with van der Waals surface area (Å²) in [5, 5.41) is 20.1. The molecule has 0 atom stereocenters. The summed E-state index contributed by atoms with van der Waals surface area (Å²) < 4.78 is 7.76. The van der Waals surface area contributed by atoms with Crippen molar-refractivity contribution >= 4 is 161 Å². The van der Waals surface area contributed by atoms with Crippen LogP contribution in [0.4, 0.5) is 0 Å². The summed E-state index contributed by atoms with van der Waals surface area (Å²) in [6.45, 7) is 0. The van der Waals surface area contributed by atoms with E-state index < -0.39 is 0 Å². The van der Waals surface area contributed by atoms with E-state index in [-0.39, 0.29) is 5.28 Å². The molecule has 0 aliphatic heterocycles. The van der Waals surface area contributed by atoms with Gasteiger partial charge >= 0.3 is 0 Å². The van der Waals surface area contributed by atoms with E-state index in [4.69, 9.17) is 21.6 Å². The Hall–Kier alpha value is -10.7. The Labute approximate surface area is 523 Å². The first kappa shape index (κ1) is 51.5. The number of hydrogen-bond acceptors (Lipinski definition) is 6. The smallest absolute Gasteiger partial charge is 0.235 e. The Balaban J connectivity index is 0.000000110. The largest absolute Gasteiger partial charge is 0.277 e. The third-order valence-corrected chi connectivity index (χ3v) is 20.5. The zero-order valence-corrected chi connectivity index (χ0v) is 50.1. The molecule has 0 saturated carbocycles. The van der Waals surface area contributed by atoms with Gasteiger partial charge in [0.05, 0.1) is 33.5 Å². The van der Waals surface area contributed by atoms with E-state index in [0.29, 0.717) is 5.95 Å². The average molecular weight is 1190 g/mol. The lowest BCUT2D eigenvalue weighted by atomic mass is 9.94. The predicted octanol–water partition coefficient (Wildman–Crippen LogP) is 23.0. The lowest BCUT2D eigenvalue weighted by Crippen LogP contribution is -2.04. The Morgan fingerprint density at radius 1 is 0.337 bits per heavy atom. The van der Waals surface area contributed by atoms with Crippen LogP contribution in [-0.2, 0) is 6.42 Å². The highest BCUT2D eigenvalue weighted by atomic mass is 35.5. The molecule has 8 heteroatoms. The molecule has 5 heterocycles. The minimum absolute atomic E-state index is 0.276. The molecule has 0 N–H and O–H groups in total. The lowest BCUT2D eigenvalue weighted by Gasteiger charge is -2.14. The molecule has 89 heavy (non-hydrogen) atoms. The van der Waals surface area contributed by atoms with Crippen molar-refractivity contribution in [3.8, 4) is 39.6 Å². The first-order chi connectivity index (χ1) is 44.1. The van der Waals surface area contributed by atoms with Crippen molar-refractivity contribution in [1.29, 1.82) is 0 Å². The summed E-state index contributed by atoms with van der Waals surface area (Å²) in [6.07, 6.45) is 1.05. The van der Waals surface area contributed by atoms with Gasteiger partial charge in [-0.05, 0) is 92.2 Å². The number of benzene rings is 14. The van der Waals surface area contributed by atoms with Crippen molar-refractivity contribution in [3.05, 3.63) is 295 Å². The van der Waals surface area contributed by atoms with Crippen molar-refractivity contribution in [3.63, 3.8) is 0 Å². The van der Waals surface area contributed by atoms with Crippen molar-refractivity contribution < 1.29 is 0 Å². The Bertz CT molecular complexity index is 6110. The summed E-state index contributed by atoms with van der Waals surface area (Å²) in [7, 11) is 0. The second kappa shape index (κ2) is 20.8. The summed E-state index contributed by atoms with van der Waals surface area (Å²) in [5.74, 6) is 0.683. The van der Waals surface area contributed by atoms with Crippen LogP contribution in [0.15, 0.2) is 279 Å². The van der Waals surface area contributed by atoms with E-state index in [1.54, 1.807) is 0 Å². The molecule has 0 bridgehead atoms. The summed E-state index contributed by atoms with van der Waals surface area (Å²) >= 11 is 9.97. The summed E-state index contributed by atoms with van der Waals surface area (Å²) in [5.41, 5.74) is 13.9. The normalized spacial score (nSPS) is 12.1. The number of rotatable bonds is 3. The molecule has 1 aliphatic carbocycles. The SMILES string of the molecule is Clc1nc(-c2ccccc2)c2ccc3ccccc3c2n1.c1ccc(-c2nc(-n3c4ccccc4c4c5c6ccccc6sc5c5ccccc5c43)nc3c2ccc2ccccc23)cc1.c1ccc2c(c1)Cc1c-2c2c3ccccc3sc2c2ccccc12. The minimum atomic E-state index is 0.276. The van der Waals surface area contributed by atoms with Gasteiger partial charge in [0.2, 0.25) is 11.2 Å². The average Bonchev–Trinajstić information content (AvgIpc) is 3.50. The van der Waals surface area contributed by atoms with Crippen LogP contribution >= 0.6 is 34.3 Å². The number of aromatic nitrogens is 5. The van der Waals surface area contributed by atoms with Gasteiger partial charge in [0.1, 0.15) is 0 Å². The molecule has 0 spiro atoms. The monoisotopic (exact) mass is 1190 g/mol. The molecular weight excluding hydrogens is 1140 g/mol. The third-order valence-electron chi connectivity index (χ3n) is 17.9. The fraction of sp³-hybridized carbons (Fsp3) is 0.0123. The van der Waals surface area contributed by atoms with Crippen LogP contribution in [-0.4, -0.2) is 24.5 Å². The van der Waals surface area contributed by atoms with Crippen LogP contribution in [0.25, 0.3) is 167 Å². The zero-order valence-electron chi connectivity index (χ0n) is 47.7. The first-order valence-electron chi connectivity index (χ1n) is 29.9. The Morgan fingerprint density at radius 3 is 1.46 bits per heavy atom. The number of para-hydroxylation sites is 1. The quantitative estimate of drug-likeness (QED) is 0.131. The molecule has 5 aromatic heterocycles. The number of halogens is 1. The maximum Gasteiger partial charge on any atom is 0.235 e. The highest BCUT2D eigenvalue weighted by molar-refractivity contribution is 7.27. The van der Waals surface area contributed by atoms with Crippen molar-refractivity contribution in [2.24, 2.45) is 0 Å². The van der Waals surface area contributed by atoms with Gasteiger partial charge in [-0.3, -0.25) is 4.57 Å². The topological polar surface area (TPSA) is 56.5 Å². The molecule has 5 nitrogen and oxygen atoms in total. The second-order valence-electron chi connectivity index (χ2n) is 22.8. The van der Waals surface area contributed by atoms with Gasteiger partial charge in [-0.2, -0.15) is 0 Å². The number of fused-ring (bicyclic) bond motifs is 26. The van der Waals surface area contributed by atoms with Crippen molar-refractivity contribution in [2.45, 2.75) is 6.42 Å². The molecule has 20 rings (SSSR count). The highest BCUT2D eigenvalue weighted by Gasteiger charge is 2.27. The molecule has 0 amide bonds. The molecule has 1 aliphatic rings. The van der Waals surface area contributed by atoms with E-state index in [2.05, 4.69) is 251 Å². The molecule has 14 aromatic carbocycles. The molecule has 416 valence electrons. The second-order valence-corrected chi connectivity index (χ2v) is 25.2. The first-order valence-corrected chi connectivity index (χ1v) is 31.9. The van der Waals surface area contributed by atoms with Gasteiger partial charge in [0.15, 0.2) is 0 Å². The van der Waals surface area contributed by atoms with Crippen molar-refractivity contribution in [2.75, 3.05) is 0 Å². The van der Waals surface area contributed by atoms with E-state index in [1.807, 2.05) is 65.1 Å². The summed E-state index contributed by atoms with van der Waals surface area (Å²) in [4.78, 5) is 19.7. The Morgan fingerprint density at radius 2 is 0.809 bits per heavy atom. The number of nitrogens with zero attached hydrogens (tertiary/aromatic N) is 5. The Kier molecular flexibility index (Phi) is 12.0. The van der Waals surface area contributed by atoms with Gasteiger partial charge < -0.3 is 0 Å². The number of hydrogen-bond donors (Lipinski definition) is 0. The predicted molar refractivity (Wildman–Crippen MR) is 380 cm³/mol. The fourth-order valence-corrected chi connectivity index (χ4v) is 16.7. The maximum atomic E-state index is 6.15. The fourth-order valence-electron chi connectivity index (χ4n) is 14.0. The van der Waals surface area contributed by atoms with Crippen LogP contribution in [0.1, 0.15) is 11.1 Å². The van der Waals surface area contributed by atoms with E-state index in [9.17, 15) is 0 Å².